The van der Waals surface area contributed by atoms with E-state index in [-0.39, 0.29) is 11.8 Å². The van der Waals surface area contributed by atoms with Crippen LogP contribution in [0.2, 0.25) is 0 Å². The molecule has 110 valence electrons. The second-order valence-corrected chi connectivity index (χ2v) is 5.59. The van der Waals surface area contributed by atoms with Crippen molar-refractivity contribution in [3.05, 3.63) is 29.8 Å². The summed E-state index contributed by atoms with van der Waals surface area (Å²) in [4.78, 5) is 15.0. The van der Waals surface area contributed by atoms with Crippen molar-refractivity contribution in [2.75, 3.05) is 13.7 Å². The lowest BCUT2D eigenvalue weighted by Crippen LogP contribution is -2.41. The Morgan fingerprint density at radius 1 is 1.35 bits per heavy atom. The Hall–Kier alpha value is -1.35. The number of nitrogens with zero attached hydrogens (tertiary/aromatic N) is 1. The summed E-state index contributed by atoms with van der Waals surface area (Å²) in [5.74, 6) is 1.01. The Morgan fingerprint density at radius 2 is 2.00 bits per heavy atom. The van der Waals surface area contributed by atoms with E-state index in [4.69, 9.17) is 4.74 Å². The molecule has 0 amide bonds. The predicted molar refractivity (Wildman–Crippen MR) is 81.4 cm³/mol. The van der Waals surface area contributed by atoms with Gasteiger partial charge in [0.25, 0.3) is 0 Å². The number of hydrogen-bond acceptors (Lipinski definition) is 3. The van der Waals surface area contributed by atoms with Crippen molar-refractivity contribution in [2.45, 2.75) is 51.6 Å². The quantitative estimate of drug-likeness (QED) is 0.680. The van der Waals surface area contributed by atoms with Gasteiger partial charge in [0.2, 0.25) is 0 Å². The molecule has 1 unspecified atom stereocenters. The molecule has 1 aliphatic carbocycles. The maximum absolute atomic E-state index is 12.6. The number of carbonyl (C=O) groups excluding carboxylic acids is 1. The number of unbranched alkanes of at least 4 members (excludes halogenated alkanes) is 1. The molecule has 1 aliphatic rings. The van der Waals surface area contributed by atoms with Crippen molar-refractivity contribution in [2.24, 2.45) is 0 Å². The Labute approximate surface area is 121 Å². The van der Waals surface area contributed by atoms with Gasteiger partial charge in [-0.1, -0.05) is 13.3 Å². The van der Waals surface area contributed by atoms with Crippen molar-refractivity contribution >= 4 is 5.78 Å². The zero-order chi connectivity index (χ0) is 14.5. The lowest BCUT2D eigenvalue weighted by molar-refractivity contribution is 0.0824. The van der Waals surface area contributed by atoms with Crippen LogP contribution in [0.25, 0.3) is 0 Å². The van der Waals surface area contributed by atoms with E-state index in [2.05, 4.69) is 11.8 Å². The normalized spacial score (nSPS) is 16.2. The third-order valence-electron chi connectivity index (χ3n) is 4.04. The molecule has 1 atom stereocenters. The molecule has 1 aromatic rings. The first kappa shape index (κ1) is 15.0. The van der Waals surface area contributed by atoms with Crippen molar-refractivity contribution in [3.63, 3.8) is 0 Å². The van der Waals surface area contributed by atoms with Gasteiger partial charge in [0.15, 0.2) is 5.78 Å². The summed E-state index contributed by atoms with van der Waals surface area (Å²) >= 11 is 0. The maximum atomic E-state index is 12.6. The first-order valence-electron chi connectivity index (χ1n) is 7.61. The molecule has 2 rings (SSSR count). The monoisotopic (exact) mass is 275 g/mol. The van der Waals surface area contributed by atoms with Crippen LogP contribution in [0.4, 0.5) is 0 Å². The van der Waals surface area contributed by atoms with E-state index in [9.17, 15) is 4.79 Å². The standard InChI is InChI=1S/C17H25NO2/c1-4-5-12-18(15-8-9-15)13(2)17(19)14-6-10-16(20-3)11-7-14/h6-7,10-11,13,15H,4-5,8-9,12H2,1-3H3. The van der Waals surface area contributed by atoms with E-state index in [1.54, 1.807) is 7.11 Å². The summed E-state index contributed by atoms with van der Waals surface area (Å²) in [6, 6.07) is 8.03. The highest BCUT2D eigenvalue weighted by Crippen LogP contribution is 2.30. The molecule has 1 aromatic carbocycles. The molecule has 0 spiro atoms. The van der Waals surface area contributed by atoms with Crippen LogP contribution in [0.5, 0.6) is 5.75 Å². The summed E-state index contributed by atoms with van der Waals surface area (Å²) in [6.45, 7) is 5.27. The van der Waals surface area contributed by atoms with E-state index in [1.807, 2.05) is 31.2 Å². The zero-order valence-electron chi connectivity index (χ0n) is 12.8. The number of benzene rings is 1. The summed E-state index contributed by atoms with van der Waals surface area (Å²) in [5.41, 5.74) is 0.778. The third-order valence-corrected chi connectivity index (χ3v) is 4.04. The molecule has 0 bridgehead atoms. The highest BCUT2D eigenvalue weighted by molar-refractivity contribution is 6.00. The Bertz CT molecular complexity index is 437. The number of methoxy groups -OCH3 is 1. The van der Waals surface area contributed by atoms with Gasteiger partial charge in [-0.2, -0.15) is 0 Å². The number of rotatable bonds is 8. The van der Waals surface area contributed by atoms with E-state index in [1.165, 1.54) is 19.3 Å². The molecule has 3 heteroatoms. The Kier molecular flexibility index (Phi) is 5.18. The Morgan fingerprint density at radius 3 is 2.50 bits per heavy atom. The highest BCUT2D eigenvalue weighted by Gasteiger charge is 2.34. The van der Waals surface area contributed by atoms with Crippen LogP contribution in [-0.2, 0) is 0 Å². The van der Waals surface area contributed by atoms with Crippen LogP contribution in [0.15, 0.2) is 24.3 Å². The second-order valence-electron chi connectivity index (χ2n) is 5.59. The van der Waals surface area contributed by atoms with Gasteiger partial charge in [0, 0.05) is 11.6 Å². The molecule has 0 aromatic heterocycles. The summed E-state index contributed by atoms with van der Waals surface area (Å²) in [7, 11) is 1.64. The maximum Gasteiger partial charge on any atom is 0.179 e. The second kappa shape index (κ2) is 6.89. The molecular formula is C17H25NO2. The minimum Gasteiger partial charge on any atom is -0.497 e. The molecule has 1 fully saturated rings. The van der Waals surface area contributed by atoms with Gasteiger partial charge < -0.3 is 4.74 Å². The largest absolute Gasteiger partial charge is 0.497 e. The van der Waals surface area contributed by atoms with Gasteiger partial charge in [-0.3, -0.25) is 9.69 Å². The highest BCUT2D eigenvalue weighted by atomic mass is 16.5. The predicted octanol–water partition coefficient (Wildman–Crippen LogP) is 3.53. The van der Waals surface area contributed by atoms with Crippen LogP contribution in [-0.4, -0.2) is 36.4 Å². The van der Waals surface area contributed by atoms with Crippen LogP contribution in [0.1, 0.15) is 49.9 Å². The van der Waals surface area contributed by atoms with Crippen molar-refractivity contribution in [1.82, 2.24) is 4.90 Å². The van der Waals surface area contributed by atoms with Gasteiger partial charge in [-0.05, 0) is 57.0 Å². The molecule has 0 radical (unpaired) electrons. The van der Waals surface area contributed by atoms with E-state index < -0.39 is 0 Å². The van der Waals surface area contributed by atoms with Crippen LogP contribution >= 0.6 is 0 Å². The fourth-order valence-electron chi connectivity index (χ4n) is 2.59. The number of carbonyl (C=O) groups is 1. The first-order valence-corrected chi connectivity index (χ1v) is 7.61. The average molecular weight is 275 g/mol. The van der Waals surface area contributed by atoms with Gasteiger partial charge in [-0.15, -0.1) is 0 Å². The zero-order valence-corrected chi connectivity index (χ0v) is 12.8. The molecule has 0 saturated heterocycles. The summed E-state index contributed by atoms with van der Waals surface area (Å²) in [6.07, 6.45) is 4.82. The topological polar surface area (TPSA) is 29.5 Å². The van der Waals surface area contributed by atoms with Crippen LogP contribution in [0.3, 0.4) is 0 Å². The van der Waals surface area contributed by atoms with E-state index >= 15 is 0 Å². The fourth-order valence-corrected chi connectivity index (χ4v) is 2.59. The molecule has 3 nitrogen and oxygen atoms in total. The minimum atomic E-state index is -0.0255. The summed E-state index contributed by atoms with van der Waals surface area (Å²) in [5, 5.41) is 0. The van der Waals surface area contributed by atoms with Gasteiger partial charge in [0.05, 0.1) is 13.2 Å². The van der Waals surface area contributed by atoms with Crippen molar-refractivity contribution < 1.29 is 9.53 Å². The molecule has 0 aliphatic heterocycles. The van der Waals surface area contributed by atoms with Crippen LogP contribution < -0.4 is 4.74 Å². The number of ketones is 1. The molecule has 0 N–H and O–H groups in total. The van der Waals surface area contributed by atoms with Crippen molar-refractivity contribution in [3.8, 4) is 5.75 Å². The van der Waals surface area contributed by atoms with Crippen LogP contribution in [0, 0.1) is 0 Å². The number of Topliss-reactive ketones (excluding diaryl/α,β-unsaturated/α-hetero) is 1. The SMILES string of the molecule is CCCCN(C1CC1)C(C)C(=O)c1ccc(OC)cc1. The van der Waals surface area contributed by atoms with Gasteiger partial charge >= 0.3 is 0 Å². The third kappa shape index (κ3) is 3.60. The van der Waals surface area contributed by atoms with E-state index in [0.717, 1.165) is 24.3 Å². The molecule has 20 heavy (non-hydrogen) atoms. The average Bonchev–Trinajstić information content (AvgIpc) is 3.31. The number of hydrogen-bond donors (Lipinski definition) is 0. The number of ether oxygens (including phenoxy) is 1. The van der Waals surface area contributed by atoms with Gasteiger partial charge in [0.1, 0.15) is 5.75 Å². The van der Waals surface area contributed by atoms with Crippen molar-refractivity contribution in [1.29, 1.82) is 0 Å². The Balaban J connectivity index is 2.04. The summed E-state index contributed by atoms with van der Waals surface area (Å²) < 4.78 is 5.14. The lowest BCUT2D eigenvalue weighted by atomic mass is 10.0. The smallest absolute Gasteiger partial charge is 0.179 e. The van der Waals surface area contributed by atoms with E-state index in [0.29, 0.717) is 6.04 Å². The lowest BCUT2D eigenvalue weighted by Gasteiger charge is -2.28. The fraction of sp³-hybridized carbons (Fsp3) is 0.588. The molecule has 0 heterocycles. The molecule has 1 saturated carbocycles. The molecular weight excluding hydrogens is 250 g/mol. The minimum absolute atomic E-state index is 0.0255. The van der Waals surface area contributed by atoms with Gasteiger partial charge in [-0.25, -0.2) is 0 Å². The first-order chi connectivity index (χ1) is 9.67.